The molecule has 29 heavy (non-hydrogen) atoms. The molecule has 3 heterocycles. The van der Waals surface area contributed by atoms with Crippen molar-refractivity contribution in [3.63, 3.8) is 0 Å². The zero-order valence-corrected chi connectivity index (χ0v) is 17.0. The molecule has 10 heteroatoms. The number of methoxy groups -OCH3 is 1. The largest absolute Gasteiger partial charge is 0.496 e. The summed E-state index contributed by atoms with van der Waals surface area (Å²) >= 11 is 7.40. The molecule has 0 spiro atoms. The summed E-state index contributed by atoms with van der Waals surface area (Å²) in [5.41, 5.74) is 1.52. The molecule has 0 fully saturated rings. The first-order valence-electron chi connectivity index (χ1n) is 8.74. The van der Waals surface area contributed by atoms with Gasteiger partial charge in [0, 0.05) is 35.3 Å². The van der Waals surface area contributed by atoms with E-state index in [2.05, 4.69) is 20.3 Å². The Morgan fingerprint density at radius 1 is 1.31 bits per heavy atom. The number of hydrogen-bond acceptors (Lipinski definition) is 7. The summed E-state index contributed by atoms with van der Waals surface area (Å²) in [6.45, 7) is 0.922. The highest BCUT2D eigenvalue weighted by atomic mass is 35.5. The van der Waals surface area contributed by atoms with Gasteiger partial charge in [-0.25, -0.2) is 9.97 Å². The first kappa shape index (κ1) is 19.3. The minimum absolute atomic E-state index is 0.159. The van der Waals surface area contributed by atoms with Crippen molar-refractivity contribution in [3.8, 4) is 5.75 Å². The van der Waals surface area contributed by atoms with E-state index in [1.54, 1.807) is 23.1 Å². The lowest BCUT2D eigenvalue weighted by Crippen LogP contribution is -2.35. The van der Waals surface area contributed by atoms with E-state index in [0.29, 0.717) is 41.0 Å². The molecule has 1 N–H and O–H groups in total. The number of benzene rings is 1. The van der Waals surface area contributed by atoms with Gasteiger partial charge in [-0.1, -0.05) is 22.9 Å². The lowest BCUT2D eigenvalue weighted by molar-refractivity contribution is 0.0732. The Morgan fingerprint density at radius 3 is 2.93 bits per heavy atom. The van der Waals surface area contributed by atoms with Crippen LogP contribution >= 0.6 is 22.9 Å². The van der Waals surface area contributed by atoms with Crippen LogP contribution in [0.2, 0.25) is 5.02 Å². The number of aromatic nitrogens is 3. The Balaban J connectivity index is 1.50. The highest BCUT2D eigenvalue weighted by Gasteiger charge is 2.27. The van der Waals surface area contributed by atoms with Crippen LogP contribution in [0.3, 0.4) is 0 Å². The van der Waals surface area contributed by atoms with Crippen LogP contribution in [-0.4, -0.2) is 45.3 Å². The van der Waals surface area contributed by atoms with Crippen LogP contribution in [0, 0.1) is 0 Å². The minimum Gasteiger partial charge on any atom is -0.496 e. The van der Waals surface area contributed by atoms with Crippen molar-refractivity contribution >= 4 is 39.9 Å². The predicted molar refractivity (Wildman–Crippen MR) is 109 cm³/mol. The summed E-state index contributed by atoms with van der Waals surface area (Å²) in [7, 11) is 1.52. The maximum atomic E-state index is 13.0. The van der Waals surface area contributed by atoms with Crippen LogP contribution in [0.5, 0.6) is 5.75 Å². The van der Waals surface area contributed by atoms with Crippen LogP contribution in [0.15, 0.2) is 36.8 Å². The van der Waals surface area contributed by atoms with Crippen LogP contribution in [0.4, 0.5) is 5.13 Å². The summed E-state index contributed by atoms with van der Waals surface area (Å²) in [6, 6.07) is 4.97. The molecule has 2 aromatic heterocycles. The number of rotatable bonds is 4. The van der Waals surface area contributed by atoms with E-state index in [1.165, 1.54) is 37.0 Å². The molecule has 0 unspecified atom stereocenters. The Labute approximate surface area is 175 Å². The number of amides is 2. The van der Waals surface area contributed by atoms with Crippen molar-refractivity contribution in [3.05, 3.63) is 63.6 Å². The van der Waals surface area contributed by atoms with Crippen molar-refractivity contribution in [2.24, 2.45) is 0 Å². The Morgan fingerprint density at radius 2 is 2.17 bits per heavy atom. The fraction of sp³-hybridized carbons (Fsp3) is 0.211. The number of fused-ring (bicyclic) bond motifs is 1. The Kier molecular flexibility index (Phi) is 5.41. The van der Waals surface area contributed by atoms with Crippen molar-refractivity contribution in [1.29, 1.82) is 0 Å². The second kappa shape index (κ2) is 8.14. The number of ether oxygens (including phenoxy) is 1. The molecular weight excluding hydrogens is 414 g/mol. The number of carbonyl (C=O) groups excluding carboxylic acids is 2. The maximum Gasteiger partial charge on any atom is 0.277 e. The van der Waals surface area contributed by atoms with Gasteiger partial charge in [-0.15, -0.1) is 0 Å². The summed E-state index contributed by atoms with van der Waals surface area (Å²) in [4.78, 5) is 40.3. The van der Waals surface area contributed by atoms with E-state index >= 15 is 0 Å². The summed E-state index contributed by atoms with van der Waals surface area (Å²) in [6.07, 6.45) is 4.94. The standard InChI is InChI=1S/C19H16ClN5O3S/c1-28-15-3-2-11(20)8-12(15)18(27)25-7-4-13-16(10-25)29-19(23-13)24-17(26)14-9-21-5-6-22-14/h2-3,5-6,8-9H,4,7,10H2,1H3,(H,23,24,26). The van der Waals surface area contributed by atoms with Gasteiger partial charge in [0.15, 0.2) is 5.13 Å². The molecule has 0 saturated heterocycles. The van der Waals surface area contributed by atoms with Gasteiger partial charge in [0.2, 0.25) is 0 Å². The maximum absolute atomic E-state index is 13.0. The second-order valence-electron chi connectivity index (χ2n) is 6.25. The third kappa shape index (κ3) is 4.06. The van der Waals surface area contributed by atoms with Crippen molar-refractivity contribution in [1.82, 2.24) is 19.9 Å². The van der Waals surface area contributed by atoms with E-state index in [9.17, 15) is 9.59 Å². The summed E-state index contributed by atoms with van der Waals surface area (Å²) < 4.78 is 5.30. The first-order chi connectivity index (χ1) is 14.0. The number of halogens is 1. The van der Waals surface area contributed by atoms with E-state index in [1.807, 2.05) is 0 Å². The highest BCUT2D eigenvalue weighted by Crippen LogP contribution is 2.31. The van der Waals surface area contributed by atoms with Crippen molar-refractivity contribution in [2.75, 3.05) is 19.0 Å². The van der Waals surface area contributed by atoms with Gasteiger partial charge in [0.25, 0.3) is 11.8 Å². The number of thiazole rings is 1. The van der Waals surface area contributed by atoms with Crippen LogP contribution < -0.4 is 10.1 Å². The fourth-order valence-corrected chi connectivity index (χ4v) is 4.21. The van der Waals surface area contributed by atoms with Crippen molar-refractivity contribution in [2.45, 2.75) is 13.0 Å². The molecule has 0 atom stereocenters. The molecular formula is C19H16ClN5O3S. The molecule has 3 aromatic rings. The lowest BCUT2D eigenvalue weighted by atomic mass is 10.1. The van der Waals surface area contributed by atoms with Gasteiger partial charge in [-0.05, 0) is 18.2 Å². The summed E-state index contributed by atoms with van der Waals surface area (Å²) in [5, 5.41) is 3.69. The molecule has 1 aliphatic rings. The zero-order chi connectivity index (χ0) is 20.4. The topological polar surface area (TPSA) is 97.3 Å². The molecule has 8 nitrogen and oxygen atoms in total. The average molecular weight is 430 g/mol. The molecule has 0 radical (unpaired) electrons. The first-order valence-corrected chi connectivity index (χ1v) is 9.93. The molecule has 1 aliphatic heterocycles. The van der Waals surface area contributed by atoms with Gasteiger partial charge in [0.1, 0.15) is 11.4 Å². The van der Waals surface area contributed by atoms with Gasteiger partial charge in [-0.2, -0.15) is 0 Å². The average Bonchev–Trinajstić information content (AvgIpc) is 3.15. The van der Waals surface area contributed by atoms with E-state index in [-0.39, 0.29) is 17.5 Å². The van der Waals surface area contributed by atoms with Crippen LogP contribution in [-0.2, 0) is 13.0 Å². The third-order valence-electron chi connectivity index (χ3n) is 4.43. The quantitative estimate of drug-likeness (QED) is 0.684. The third-order valence-corrected chi connectivity index (χ3v) is 5.66. The van der Waals surface area contributed by atoms with Gasteiger partial charge >= 0.3 is 0 Å². The lowest BCUT2D eigenvalue weighted by Gasteiger charge is -2.26. The minimum atomic E-state index is -0.374. The molecule has 0 saturated carbocycles. The number of anilines is 1. The number of nitrogens with zero attached hydrogens (tertiary/aromatic N) is 4. The summed E-state index contributed by atoms with van der Waals surface area (Å²) in [5.74, 6) is -0.0548. The second-order valence-corrected chi connectivity index (χ2v) is 7.78. The molecule has 2 amide bonds. The SMILES string of the molecule is COc1ccc(Cl)cc1C(=O)N1CCc2nc(NC(=O)c3cnccn3)sc2C1. The predicted octanol–water partition coefficient (Wildman–Crippen LogP) is 3.05. The van der Waals surface area contributed by atoms with E-state index < -0.39 is 0 Å². The molecule has 4 rings (SSSR count). The number of nitrogens with one attached hydrogen (secondary N) is 1. The Bertz CT molecular complexity index is 1070. The Hall–Kier alpha value is -3.04. The van der Waals surface area contributed by atoms with Crippen LogP contribution in [0.1, 0.15) is 31.4 Å². The number of carbonyl (C=O) groups is 2. The van der Waals surface area contributed by atoms with Gasteiger partial charge < -0.3 is 9.64 Å². The molecule has 0 bridgehead atoms. The normalized spacial score (nSPS) is 13.0. The van der Waals surface area contributed by atoms with Crippen LogP contribution in [0.25, 0.3) is 0 Å². The van der Waals surface area contributed by atoms with Gasteiger partial charge in [-0.3, -0.25) is 19.9 Å². The van der Waals surface area contributed by atoms with Gasteiger partial charge in [0.05, 0.1) is 31.1 Å². The highest BCUT2D eigenvalue weighted by molar-refractivity contribution is 7.15. The smallest absolute Gasteiger partial charge is 0.277 e. The molecule has 148 valence electrons. The zero-order valence-electron chi connectivity index (χ0n) is 15.4. The monoisotopic (exact) mass is 429 g/mol. The molecule has 1 aromatic carbocycles. The fourth-order valence-electron chi connectivity index (χ4n) is 3.02. The van der Waals surface area contributed by atoms with E-state index in [4.69, 9.17) is 16.3 Å². The number of hydrogen-bond donors (Lipinski definition) is 1. The molecule has 0 aliphatic carbocycles. The van der Waals surface area contributed by atoms with E-state index in [0.717, 1.165) is 10.6 Å². The van der Waals surface area contributed by atoms with Crippen molar-refractivity contribution < 1.29 is 14.3 Å².